The van der Waals surface area contributed by atoms with Gasteiger partial charge in [-0.15, -0.1) is 0 Å². The molecular weight excluding hydrogens is 202 g/mol. The molecule has 2 aliphatic rings. The second kappa shape index (κ2) is 5.09. The van der Waals surface area contributed by atoms with Gasteiger partial charge in [-0.1, -0.05) is 0 Å². The maximum Gasteiger partial charge on any atom is 0.149 e. The van der Waals surface area contributed by atoms with E-state index in [4.69, 9.17) is 5.73 Å². The van der Waals surface area contributed by atoms with Gasteiger partial charge in [-0.3, -0.25) is 9.59 Å². The van der Waals surface area contributed by atoms with Crippen LogP contribution in [0.1, 0.15) is 51.4 Å². The first-order chi connectivity index (χ1) is 7.65. The summed E-state index contributed by atoms with van der Waals surface area (Å²) in [4.78, 5) is 23.1. The lowest BCUT2D eigenvalue weighted by atomic mass is 10.0. The van der Waals surface area contributed by atoms with Crippen LogP contribution in [0.5, 0.6) is 0 Å². The number of hydrogen-bond donors (Lipinski definition) is 1. The van der Waals surface area contributed by atoms with Gasteiger partial charge in [0.25, 0.3) is 0 Å². The summed E-state index contributed by atoms with van der Waals surface area (Å²) in [5, 5.41) is 0. The van der Waals surface area contributed by atoms with Crippen molar-refractivity contribution >= 4 is 11.6 Å². The van der Waals surface area contributed by atoms with Crippen molar-refractivity contribution in [2.75, 3.05) is 0 Å². The third-order valence-electron chi connectivity index (χ3n) is 3.55. The molecule has 3 nitrogen and oxygen atoms in total. The minimum atomic E-state index is -0.399. The van der Waals surface area contributed by atoms with E-state index < -0.39 is 6.04 Å². The average molecular weight is 223 g/mol. The molecule has 0 aromatic heterocycles. The van der Waals surface area contributed by atoms with Crippen molar-refractivity contribution in [1.82, 2.24) is 0 Å². The number of carbonyl (C=O) groups excluding carboxylic acids is 2. The monoisotopic (exact) mass is 223 g/mol. The van der Waals surface area contributed by atoms with E-state index in [-0.39, 0.29) is 11.6 Å². The van der Waals surface area contributed by atoms with Crippen molar-refractivity contribution in [3.05, 3.63) is 0 Å². The van der Waals surface area contributed by atoms with E-state index in [0.29, 0.717) is 37.5 Å². The van der Waals surface area contributed by atoms with Crippen LogP contribution in [0.3, 0.4) is 0 Å². The highest BCUT2D eigenvalue weighted by atomic mass is 16.1. The van der Waals surface area contributed by atoms with E-state index in [2.05, 4.69) is 0 Å². The van der Waals surface area contributed by atoms with E-state index >= 15 is 0 Å². The molecule has 2 fully saturated rings. The highest BCUT2D eigenvalue weighted by molar-refractivity contribution is 5.85. The van der Waals surface area contributed by atoms with Crippen molar-refractivity contribution in [2.24, 2.45) is 17.6 Å². The molecule has 1 atom stereocenters. The van der Waals surface area contributed by atoms with E-state index in [1.807, 2.05) is 0 Å². The van der Waals surface area contributed by atoms with Crippen LogP contribution in [0.25, 0.3) is 0 Å². The predicted octanol–water partition coefficient (Wildman–Crippen LogP) is 1.83. The number of nitrogens with two attached hydrogens (primary N) is 1. The summed E-state index contributed by atoms with van der Waals surface area (Å²) >= 11 is 0. The molecule has 0 spiro atoms. The summed E-state index contributed by atoms with van der Waals surface area (Å²) in [6.07, 6.45) is 7.17. The molecule has 0 aromatic rings. The lowest BCUT2D eigenvalue weighted by Gasteiger charge is -2.09. The topological polar surface area (TPSA) is 60.2 Å². The molecule has 0 amide bonds. The van der Waals surface area contributed by atoms with Gasteiger partial charge < -0.3 is 5.73 Å². The normalized spacial score (nSPS) is 21.8. The van der Waals surface area contributed by atoms with Gasteiger partial charge in [-0.05, 0) is 43.9 Å². The van der Waals surface area contributed by atoms with Crippen LogP contribution in [0.2, 0.25) is 0 Å². The van der Waals surface area contributed by atoms with Gasteiger partial charge in [0.15, 0.2) is 0 Å². The summed E-state index contributed by atoms with van der Waals surface area (Å²) in [7, 11) is 0. The zero-order valence-electron chi connectivity index (χ0n) is 9.78. The number of rotatable bonds is 8. The van der Waals surface area contributed by atoms with E-state index in [1.165, 1.54) is 25.7 Å². The Bertz CT molecular complexity index is 280. The molecule has 2 rings (SSSR count). The SMILES string of the molecule is N[C@@H](CCC(=O)CC1CC1)C(=O)CC1CC1. The van der Waals surface area contributed by atoms with Crippen LogP contribution < -0.4 is 5.73 Å². The number of carbonyl (C=O) groups is 2. The van der Waals surface area contributed by atoms with Crippen molar-refractivity contribution in [3.63, 3.8) is 0 Å². The number of ketones is 2. The van der Waals surface area contributed by atoms with Gasteiger partial charge in [0.05, 0.1) is 6.04 Å². The van der Waals surface area contributed by atoms with Crippen LogP contribution in [0.4, 0.5) is 0 Å². The van der Waals surface area contributed by atoms with Crippen LogP contribution in [0, 0.1) is 11.8 Å². The molecule has 0 aromatic carbocycles. The Morgan fingerprint density at radius 2 is 1.62 bits per heavy atom. The standard InChI is InChI=1S/C13H21NO2/c14-12(13(16)8-10-3-4-10)6-5-11(15)7-9-1-2-9/h9-10,12H,1-8,14H2/t12-/m0/s1. The fourth-order valence-corrected chi connectivity index (χ4v) is 1.98. The minimum absolute atomic E-state index is 0.154. The van der Waals surface area contributed by atoms with Gasteiger partial charge in [0.2, 0.25) is 0 Å². The first-order valence-electron chi connectivity index (χ1n) is 6.45. The van der Waals surface area contributed by atoms with Crippen molar-refractivity contribution in [3.8, 4) is 0 Å². The molecule has 16 heavy (non-hydrogen) atoms. The molecule has 90 valence electrons. The van der Waals surface area contributed by atoms with Crippen molar-refractivity contribution in [1.29, 1.82) is 0 Å². The van der Waals surface area contributed by atoms with Gasteiger partial charge >= 0.3 is 0 Å². The Labute approximate surface area is 96.8 Å². The summed E-state index contributed by atoms with van der Waals surface area (Å²) in [5.41, 5.74) is 5.79. The molecule has 2 aliphatic carbocycles. The Morgan fingerprint density at radius 3 is 2.19 bits per heavy atom. The Balaban J connectivity index is 1.59. The molecule has 2 N–H and O–H groups in total. The van der Waals surface area contributed by atoms with Crippen molar-refractivity contribution < 1.29 is 9.59 Å². The summed E-state index contributed by atoms with van der Waals surface area (Å²) in [5.74, 6) is 1.69. The highest BCUT2D eigenvalue weighted by Crippen LogP contribution is 2.34. The molecule has 0 bridgehead atoms. The fraction of sp³-hybridized carbons (Fsp3) is 0.846. The van der Waals surface area contributed by atoms with Gasteiger partial charge in [0.1, 0.15) is 11.6 Å². The third-order valence-corrected chi connectivity index (χ3v) is 3.55. The minimum Gasteiger partial charge on any atom is -0.321 e. The van der Waals surface area contributed by atoms with Gasteiger partial charge in [0, 0.05) is 19.3 Å². The first kappa shape index (κ1) is 11.8. The molecule has 3 heteroatoms. The fourth-order valence-electron chi connectivity index (χ4n) is 1.98. The largest absolute Gasteiger partial charge is 0.321 e. The Hall–Kier alpha value is -0.700. The quantitative estimate of drug-likeness (QED) is 0.683. The molecule has 0 radical (unpaired) electrons. The summed E-state index contributed by atoms with van der Waals surface area (Å²) in [6.45, 7) is 0. The summed E-state index contributed by atoms with van der Waals surface area (Å²) < 4.78 is 0. The van der Waals surface area contributed by atoms with Crippen molar-refractivity contribution in [2.45, 2.75) is 57.4 Å². The van der Waals surface area contributed by atoms with Crippen LogP contribution >= 0.6 is 0 Å². The van der Waals surface area contributed by atoms with E-state index in [0.717, 1.165) is 0 Å². The van der Waals surface area contributed by atoms with E-state index in [1.54, 1.807) is 0 Å². The average Bonchev–Trinajstić information content (AvgIpc) is 3.09. The first-order valence-corrected chi connectivity index (χ1v) is 6.45. The van der Waals surface area contributed by atoms with Gasteiger partial charge in [-0.25, -0.2) is 0 Å². The zero-order chi connectivity index (χ0) is 11.5. The maximum atomic E-state index is 11.6. The molecule has 0 unspecified atom stereocenters. The smallest absolute Gasteiger partial charge is 0.149 e. The summed E-state index contributed by atoms with van der Waals surface area (Å²) in [6, 6.07) is -0.399. The number of hydrogen-bond acceptors (Lipinski definition) is 3. The molecule has 0 heterocycles. The zero-order valence-corrected chi connectivity index (χ0v) is 9.78. The van der Waals surface area contributed by atoms with Crippen LogP contribution in [0.15, 0.2) is 0 Å². The van der Waals surface area contributed by atoms with E-state index in [9.17, 15) is 9.59 Å². The lowest BCUT2D eigenvalue weighted by Crippen LogP contribution is -2.31. The number of Topliss-reactive ketones (excluding diaryl/α,β-unsaturated/α-hetero) is 2. The predicted molar refractivity (Wildman–Crippen MR) is 61.9 cm³/mol. The Morgan fingerprint density at radius 1 is 1.06 bits per heavy atom. The van der Waals surface area contributed by atoms with Gasteiger partial charge in [-0.2, -0.15) is 0 Å². The molecule has 0 saturated heterocycles. The van der Waals surface area contributed by atoms with Crippen LogP contribution in [-0.4, -0.2) is 17.6 Å². The maximum absolute atomic E-state index is 11.6. The third kappa shape index (κ3) is 4.05. The second-order valence-electron chi connectivity index (χ2n) is 5.45. The molecule has 0 aliphatic heterocycles. The molecule has 2 saturated carbocycles. The second-order valence-corrected chi connectivity index (χ2v) is 5.45. The van der Waals surface area contributed by atoms with Crippen LogP contribution in [-0.2, 0) is 9.59 Å². The molecular formula is C13H21NO2. The lowest BCUT2D eigenvalue weighted by molar-refractivity contribution is -0.121. The Kier molecular flexibility index (Phi) is 3.74. The highest BCUT2D eigenvalue weighted by Gasteiger charge is 2.28.